The molecule has 0 bridgehead atoms. The quantitative estimate of drug-likeness (QED) is 0.678. The molecule has 0 unspecified atom stereocenters. The number of carbonyl (C=O) groups is 2. The Balaban J connectivity index is 0.00000400. The van der Waals surface area contributed by atoms with E-state index in [-0.39, 0.29) is 31.4 Å². The maximum atomic E-state index is 11.7. The normalized spacial score (nSPS) is 9.33. The molecule has 0 spiro atoms. The molecule has 9 heteroatoms. The molecular formula is C12H17BrClN3O4. The van der Waals surface area contributed by atoms with E-state index in [9.17, 15) is 9.59 Å². The van der Waals surface area contributed by atoms with Crippen molar-refractivity contribution in [2.75, 3.05) is 32.6 Å². The van der Waals surface area contributed by atoms with E-state index in [0.717, 1.165) is 0 Å². The first-order chi connectivity index (χ1) is 9.51. The van der Waals surface area contributed by atoms with Gasteiger partial charge in [-0.25, -0.2) is 0 Å². The van der Waals surface area contributed by atoms with Crippen LogP contribution in [0.1, 0.15) is 0 Å². The first kappa shape index (κ1) is 19.5. The number of nitrogens with two attached hydrogens (primary N) is 1. The zero-order valence-corrected chi connectivity index (χ0v) is 14.0. The molecule has 0 radical (unpaired) electrons. The van der Waals surface area contributed by atoms with Crippen LogP contribution < -0.4 is 25.8 Å². The van der Waals surface area contributed by atoms with Crippen molar-refractivity contribution in [1.82, 2.24) is 5.32 Å². The summed E-state index contributed by atoms with van der Waals surface area (Å²) in [6.07, 6.45) is 0. The van der Waals surface area contributed by atoms with E-state index in [1.807, 2.05) is 0 Å². The van der Waals surface area contributed by atoms with E-state index in [2.05, 4.69) is 26.6 Å². The molecule has 1 rings (SSSR count). The van der Waals surface area contributed by atoms with Gasteiger partial charge in [-0.05, 0) is 15.9 Å². The molecule has 0 atom stereocenters. The summed E-state index contributed by atoms with van der Waals surface area (Å²) in [5.41, 5.74) is 5.63. The number of anilines is 1. The smallest absolute Gasteiger partial charge is 0.243 e. The maximum absolute atomic E-state index is 11.7. The minimum Gasteiger partial charge on any atom is -0.493 e. The summed E-state index contributed by atoms with van der Waals surface area (Å²) >= 11 is 3.32. The van der Waals surface area contributed by atoms with Gasteiger partial charge in [0, 0.05) is 16.6 Å². The molecule has 0 heterocycles. The van der Waals surface area contributed by atoms with E-state index < -0.39 is 5.91 Å². The van der Waals surface area contributed by atoms with Crippen molar-refractivity contribution in [1.29, 1.82) is 0 Å². The van der Waals surface area contributed by atoms with Crippen LogP contribution in [0.2, 0.25) is 0 Å². The molecule has 7 nitrogen and oxygen atoms in total. The highest BCUT2D eigenvalue weighted by molar-refractivity contribution is 9.10. The Morgan fingerprint density at radius 1 is 1.19 bits per heavy atom. The van der Waals surface area contributed by atoms with Crippen LogP contribution in [0.15, 0.2) is 16.6 Å². The number of hydrogen-bond acceptors (Lipinski definition) is 5. The third kappa shape index (κ3) is 5.78. The molecule has 1 aromatic carbocycles. The van der Waals surface area contributed by atoms with Crippen LogP contribution in [0.25, 0.3) is 0 Å². The Bertz CT molecular complexity index is 514. The Labute approximate surface area is 137 Å². The molecule has 0 fully saturated rings. The van der Waals surface area contributed by atoms with Crippen molar-refractivity contribution >= 4 is 45.8 Å². The lowest BCUT2D eigenvalue weighted by atomic mass is 10.2. The van der Waals surface area contributed by atoms with Crippen molar-refractivity contribution in [3.05, 3.63) is 16.6 Å². The van der Waals surface area contributed by atoms with Gasteiger partial charge >= 0.3 is 0 Å². The van der Waals surface area contributed by atoms with Crippen molar-refractivity contribution < 1.29 is 19.1 Å². The van der Waals surface area contributed by atoms with Gasteiger partial charge in [0.25, 0.3) is 0 Å². The summed E-state index contributed by atoms with van der Waals surface area (Å²) < 4.78 is 10.9. The summed E-state index contributed by atoms with van der Waals surface area (Å²) in [6, 6.07) is 3.29. The number of hydrogen-bond donors (Lipinski definition) is 3. The van der Waals surface area contributed by atoms with Crippen LogP contribution >= 0.6 is 28.3 Å². The van der Waals surface area contributed by atoms with Gasteiger partial charge in [-0.15, -0.1) is 12.4 Å². The molecule has 0 aliphatic rings. The van der Waals surface area contributed by atoms with Gasteiger partial charge in [0.2, 0.25) is 11.8 Å². The topological polar surface area (TPSA) is 103 Å². The van der Waals surface area contributed by atoms with Gasteiger partial charge in [-0.3, -0.25) is 9.59 Å². The zero-order valence-electron chi connectivity index (χ0n) is 11.6. The second-order valence-corrected chi connectivity index (χ2v) is 4.57. The number of carbonyl (C=O) groups excluding carboxylic acids is 2. The van der Waals surface area contributed by atoms with Gasteiger partial charge in [-0.2, -0.15) is 0 Å². The number of methoxy groups -OCH3 is 2. The summed E-state index contributed by atoms with van der Waals surface area (Å²) in [5.74, 6) is 0.247. The number of nitrogens with one attached hydrogen (secondary N) is 2. The second kappa shape index (κ2) is 9.43. The third-order valence-corrected chi connectivity index (χ3v) is 3.03. The molecule has 0 saturated heterocycles. The standard InChI is InChI=1S/C12H16BrN3O4.ClH/c1-19-9-3-7(13)8(4-10(9)20-2)16-12(18)6-15-11(17)5-14;/h3-4H,5-6,14H2,1-2H3,(H,15,17)(H,16,18);1H. The van der Waals surface area contributed by atoms with Crippen molar-refractivity contribution in [3.8, 4) is 11.5 Å². The van der Waals surface area contributed by atoms with Gasteiger partial charge in [0.15, 0.2) is 11.5 Å². The first-order valence-electron chi connectivity index (χ1n) is 5.70. The Kier molecular flexibility index (Phi) is 8.75. The van der Waals surface area contributed by atoms with Gasteiger partial charge in [-0.1, -0.05) is 0 Å². The molecule has 0 aromatic heterocycles. The molecule has 0 aliphatic heterocycles. The number of benzene rings is 1. The average molecular weight is 383 g/mol. The van der Waals surface area contributed by atoms with Crippen LogP contribution in [-0.4, -0.2) is 39.1 Å². The van der Waals surface area contributed by atoms with Gasteiger partial charge in [0.05, 0.1) is 33.0 Å². The molecule has 0 saturated carbocycles. The van der Waals surface area contributed by atoms with E-state index in [4.69, 9.17) is 15.2 Å². The van der Waals surface area contributed by atoms with E-state index in [1.165, 1.54) is 14.2 Å². The Morgan fingerprint density at radius 3 is 2.29 bits per heavy atom. The molecular weight excluding hydrogens is 366 g/mol. The van der Waals surface area contributed by atoms with Crippen LogP contribution in [0.5, 0.6) is 11.5 Å². The summed E-state index contributed by atoms with van der Waals surface area (Å²) in [7, 11) is 3.02. The lowest BCUT2D eigenvalue weighted by molar-refractivity contribution is -0.123. The summed E-state index contributed by atoms with van der Waals surface area (Å²) in [4.78, 5) is 22.6. The molecule has 21 heavy (non-hydrogen) atoms. The molecule has 4 N–H and O–H groups in total. The minimum atomic E-state index is -0.397. The summed E-state index contributed by atoms with van der Waals surface area (Å²) in [6.45, 7) is -0.315. The Hall–Kier alpha value is -1.51. The average Bonchev–Trinajstić information content (AvgIpc) is 2.46. The summed E-state index contributed by atoms with van der Waals surface area (Å²) in [5, 5.41) is 5.01. The maximum Gasteiger partial charge on any atom is 0.243 e. The fraction of sp³-hybridized carbons (Fsp3) is 0.333. The first-order valence-corrected chi connectivity index (χ1v) is 6.49. The molecule has 118 valence electrons. The number of halogens is 2. The zero-order chi connectivity index (χ0) is 15.1. The third-order valence-electron chi connectivity index (χ3n) is 2.38. The number of ether oxygens (including phenoxy) is 2. The van der Waals surface area contributed by atoms with E-state index in [0.29, 0.717) is 21.7 Å². The molecule has 0 aliphatic carbocycles. The monoisotopic (exact) mass is 381 g/mol. The molecule has 1 aromatic rings. The predicted octanol–water partition coefficient (Wildman–Crippen LogP) is 0.901. The van der Waals surface area contributed by atoms with E-state index in [1.54, 1.807) is 12.1 Å². The number of rotatable bonds is 6. The van der Waals surface area contributed by atoms with Crippen LogP contribution in [-0.2, 0) is 9.59 Å². The highest BCUT2D eigenvalue weighted by Gasteiger charge is 2.12. The lowest BCUT2D eigenvalue weighted by Crippen LogP contribution is -2.36. The van der Waals surface area contributed by atoms with Crippen LogP contribution in [0.3, 0.4) is 0 Å². The predicted molar refractivity (Wildman–Crippen MR) is 85.2 cm³/mol. The van der Waals surface area contributed by atoms with Crippen LogP contribution in [0, 0.1) is 0 Å². The largest absolute Gasteiger partial charge is 0.493 e. The fourth-order valence-corrected chi connectivity index (χ4v) is 1.82. The number of amides is 2. The minimum absolute atomic E-state index is 0. The highest BCUT2D eigenvalue weighted by Crippen LogP contribution is 2.36. The van der Waals surface area contributed by atoms with Crippen molar-refractivity contribution in [2.24, 2.45) is 5.73 Å². The highest BCUT2D eigenvalue weighted by atomic mass is 79.9. The lowest BCUT2D eigenvalue weighted by Gasteiger charge is -2.13. The molecule has 2 amide bonds. The van der Waals surface area contributed by atoms with E-state index >= 15 is 0 Å². The van der Waals surface area contributed by atoms with Crippen molar-refractivity contribution in [3.63, 3.8) is 0 Å². The SMILES string of the molecule is COc1cc(Br)c(NC(=O)CNC(=O)CN)cc1OC.Cl. The van der Waals surface area contributed by atoms with Gasteiger partial charge < -0.3 is 25.8 Å². The van der Waals surface area contributed by atoms with Crippen molar-refractivity contribution in [2.45, 2.75) is 0 Å². The fourth-order valence-electron chi connectivity index (χ4n) is 1.40. The Morgan fingerprint density at radius 2 is 1.76 bits per heavy atom. The second-order valence-electron chi connectivity index (χ2n) is 3.72. The van der Waals surface area contributed by atoms with Gasteiger partial charge in [0.1, 0.15) is 0 Å². The van der Waals surface area contributed by atoms with Crippen LogP contribution in [0.4, 0.5) is 5.69 Å².